The number of imide groups is 1. The molecule has 1 N–H and O–H groups in total. The van der Waals surface area contributed by atoms with Gasteiger partial charge < -0.3 is 5.11 Å². The number of hydrogen-bond donors (Lipinski definition) is 1. The Morgan fingerprint density at radius 3 is 2.48 bits per heavy atom. The van der Waals surface area contributed by atoms with Gasteiger partial charge in [0.15, 0.2) is 5.69 Å². The van der Waals surface area contributed by atoms with E-state index in [1.54, 1.807) is 26.0 Å². The highest BCUT2D eigenvalue weighted by atomic mass is 16.3. The van der Waals surface area contributed by atoms with Gasteiger partial charge in [-0.1, -0.05) is 19.4 Å². The number of carbonyl (C=O) groups is 2. The number of benzene rings is 1. The highest BCUT2D eigenvalue weighted by molar-refractivity contribution is 6.23. The van der Waals surface area contributed by atoms with Crippen LogP contribution in [0, 0.1) is 18.3 Å². The fourth-order valence-corrected chi connectivity index (χ4v) is 3.52. The monoisotopic (exact) mass is 421 g/mol. The summed E-state index contributed by atoms with van der Waals surface area (Å²) in [6.07, 6.45) is 1.42. The zero-order chi connectivity index (χ0) is 22.9. The van der Waals surface area contributed by atoms with Gasteiger partial charge >= 0.3 is 0 Å². The molecule has 9 nitrogen and oxygen atoms in total. The van der Waals surface area contributed by atoms with E-state index in [4.69, 9.17) is 0 Å². The normalized spacial score (nSPS) is 13.4. The van der Waals surface area contributed by atoms with Gasteiger partial charge in [-0.15, -0.1) is 10.2 Å². The van der Waals surface area contributed by atoms with Gasteiger partial charge in [0.2, 0.25) is 5.88 Å². The average molecular weight is 421 g/mol. The Balaban J connectivity index is 2.13. The molecule has 2 aromatic rings. The molecule has 1 aliphatic rings. The molecule has 1 aromatic carbocycles. The summed E-state index contributed by atoms with van der Waals surface area (Å²) in [6, 6.07) is 6.26. The Morgan fingerprint density at radius 1 is 1.16 bits per heavy atom. The molecule has 0 saturated carbocycles. The summed E-state index contributed by atoms with van der Waals surface area (Å²) >= 11 is 0. The minimum absolute atomic E-state index is 0.0554. The van der Waals surface area contributed by atoms with E-state index < -0.39 is 23.3 Å². The maximum Gasteiger partial charge on any atom is 0.281 e. The van der Waals surface area contributed by atoms with Crippen LogP contribution in [0.15, 0.2) is 33.2 Å². The number of aromatic hydroxyl groups is 1. The second kappa shape index (κ2) is 8.52. The third-order valence-corrected chi connectivity index (χ3v) is 5.20. The fraction of sp³-hybridized carbons (Fsp3) is 0.364. The third-order valence-electron chi connectivity index (χ3n) is 5.20. The molecule has 0 saturated heterocycles. The lowest BCUT2D eigenvalue weighted by atomic mass is 10.1. The number of azo groups is 1. The average Bonchev–Trinajstić information content (AvgIpc) is 2.99. The number of nitrogens with zero attached hydrogens (tertiary/aromatic N) is 5. The number of aromatic nitrogens is 1. The number of amides is 2. The summed E-state index contributed by atoms with van der Waals surface area (Å²) < 4.78 is 1.11. The number of pyridine rings is 1. The zero-order valence-electron chi connectivity index (χ0n) is 17.8. The van der Waals surface area contributed by atoms with Crippen molar-refractivity contribution in [3.8, 4) is 11.9 Å². The Bertz CT molecular complexity index is 1200. The molecule has 160 valence electrons. The Hall–Kier alpha value is -3.80. The number of hydrogen-bond acceptors (Lipinski definition) is 7. The van der Waals surface area contributed by atoms with Gasteiger partial charge in [-0.05, 0) is 39.3 Å². The SMILES string of the molecule is CCCCn1c(O)c(C#N)c(C)c(N=Nc2cccc3c2C(=O)N(C(C)C)C3=O)c1=O. The maximum atomic E-state index is 12.9. The van der Waals surface area contributed by atoms with E-state index in [0.29, 0.717) is 6.42 Å². The van der Waals surface area contributed by atoms with Crippen LogP contribution in [0.25, 0.3) is 0 Å². The minimum Gasteiger partial charge on any atom is -0.493 e. The lowest BCUT2D eigenvalue weighted by molar-refractivity contribution is 0.0609. The molecule has 1 aliphatic heterocycles. The van der Waals surface area contributed by atoms with Crippen LogP contribution in [0.1, 0.15) is 65.5 Å². The first kappa shape index (κ1) is 21.9. The van der Waals surface area contributed by atoms with E-state index in [9.17, 15) is 24.8 Å². The first-order valence-electron chi connectivity index (χ1n) is 10.0. The molecule has 0 fully saturated rings. The molecular formula is C22H23N5O4. The van der Waals surface area contributed by atoms with Crippen LogP contribution in [-0.4, -0.2) is 32.4 Å². The number of nitriles is 1. The highest BCUT2D eigenvalue weighted by Crippen LogP contribution is 2.34. The summed E-state index contributed by atoms with van der Waals surface area (Å²) in [5.74, 6) is -1.27. The van der Waals surface area contributed by atoms with Crippen molar-refractivity contribution in [2.45, 2.75) is 53.1 Å². The van der Waals surface area contributed by atoms with Gasteiger partial charge in [0, 0.05) is 18.2 Å². The lowest BCUT2D eigenvalue weighted by Crippen LogP contribution is -2.35. The van der Waals surface area contributed by atoms with Crippen molar-refractivity contribution in [2.75, 3.05) is 0 Å². The number of rotatable bonds is 6. The van der Waals surface area contributed by atoms with Crippen molar-refractivity contribution >= 4 is 23.2 Å². The molecule has 0 unspecified atom stereocenters. The van der Waals surface area contributed by atoms with E-state index in [0.717, 1.165) is 15.9 Å². The van der Waals surface area contributed by atoms with E-state index in [1.807, 2.05) is 13.0 Å². The highest BCUT2D eigenvalue weighted by Gasteiger charge is 2.39. The number of carbonyl (C=O) groups excluding carboxylic acids is 2. The number of fused-ring (bicyclic) bond motifs is 1. The first-order valence-corrected chi connectivity index (χ1v) is 10.0. The molecule has 0 spiro atoms. The van der Waals surface area contributed by atoms with Gasteiger partial charge in [-0.3, -0.25) is 23.9 Å². The molecule has 0 radical (unpaired) electrons. The topological polar surface area (TPSA) is 128 Å². The molecule has 0 atom stereocenters. The predicted octanol–water partition coefficient (Wildman–Crippen LogP) is 3.95. The smallest absolute Gasteiger partial charge is 0.281 e. The van der Waals surface area contributed by atoms with Crippen molar-refractivity contribution < 1.29 is 14.7 Å². The largest absolute Gasteiger partial charge is 0.493 e. The second-order valence-corrected chi connectivity index (χ2v) is 7.57. The summed E-state index contributed by atoms with van der Waals surface area (Å²) in [5, 5.41) is 27.9. The Labute approximate surface area is 179 Å². The summed E-state index contributed by atoms with van der Waals surface area (Å²) in [4.78, 5) is 39.4. The third kappa shape index (κ3) is 3.61. The molecule has 31 heavy (non-hydrogen) atoms. The van der Waals surface area contributed by atoms with Crippen molar-refractivity contribution in [1.82, 2.24) is 9.47 Å². The molecule has 3 rings (SSSR count). The van der Waals surface area contributed by atoms with Crippen molar-refractivity contribution in [3.05, 3.63) is 50.8 Å². The van der Waals surface area contributed by atoms with Gasteiger partial charge in [-0.25, -0.2) is 0 Å². The van der Waals surface area contributed by atoms with Gasteiger partial charge in [0.05, 0.1) is 16.8 Å². The van der Waals surface area contributed by atoms with Crippen molar-refractivity contribution in [1.29, 1.82) is 5.26 Å². The molecule has 1 aromatic heterocycles. The van der Waals surface area contributed by atoms with Crippen LogP contribution >= 0.6 is 0 Å². The van der Waals surface area contributed by atoms with E-state index in [2.05, 4.69) is 10.2 Å². The summed E-state index contributed by atoms with van der Waals surface area (Å²) in [7, 11) is 0. The molecule has 9 heteroatoms. The van der Waals surface area contributed by atoms with Crippen LogP contribution in [0.2, 0.25) is 0 Å². The van der Waals surface area contributed by atoms with Crippen LogP contribution in [-0.2, 0) is 6.54 Å². The molecular weight excluding hydrogens is 398 g/mol. The van der Waals surface area contributed by atoms with Gasteiger partial charge in [0.25, 0.3) is 17.4 Å². The first-order chi connectivity index (χ1) is 14.7. The minimum atomic E-state index is -0.579. The predicted molar refractivity (Wildman–Crippen MR) is 113 cm³/mol. The molecule has 2 amide bonds. The molecule has 0 aliphatic carbocycles. The van der Waals surface area contributed by atoms with Gasteiger partial charge in [-0.2, -0.15) is 5.26 Å². The zero-order valence-corrected chi connectivity index (χ0v) is 17.8. The van der Waals surface area contributed by atoms with Crippen LogP contribution in [0.3, 0.4) is 0 Å². The molecule has 2 heterocycles. The second-order valence-electron chi connectivity index (χ2n) is 7.57. The van der Waals surface area contributed by atoms with E-state index >= 15 is 0 Å². The van der Waals surface area contributed by atoms with Crippen LogP contribution in [0.4, 0.5) is 11.4 Å². The lowest BCUT2D eigenvalue weighted by Gasteiger charge is -2.17. The van der Waals surface area contributed by atoms with E-state index in [-0.39, 0.29) is 46.2 Å². The van der Waals surface area contributed by atoms with Gasteiger partial charge in [0.1, 0.15) is 11.6 Å². The quantitative estimate of drug-likeness (QED) is 0.558. The number of unbranched alkanes of at least 4 members (excludes halogenated alkanes) is 1. The van der Waals surface area contributed by atoms with Crippen molar-refractivity contribution in [3.63, 3.8) is 0 Å². The Morgan fingerprint density at radius 2 is 1.87 bits per heavy atom. The van der Waals surface area contributed by atoms with E-state index in [1.165, 1.54) is 13.0 Å². The van der Waals surface area contributed by atoms with Crippen molar-refractivity contribution in [2.24, 2.45) is 10.2 Å². The fourth-order valence-electron chi connectivity index (χ4n) is 3.52. The van der Waals surface area contributed by atoms with Crippen LogP contribution in [0.5, 0.6) is 5.88 Å². The maximum absolute atomic E-state index is 12.9. The summed E-state index contributed by atoms with van der Waals surface area (Å²) in [5.41, 5.74) is -0.0145. The van der Waals surface area contributed by atoms with Crippen LogP contribution < -0.4 is 5.56 Å². The Kier molecular flexibility index (Phi) is 6.02. The summed E-state index contributed by atoms with van der Waals surface area (Å²) in [6.45, 7) is 7.16. The standard InChI is InChI=1S/C22H23N5O4/c1-5-6-10-26-19(28)15(11-23)13(4)18(22(26)31)25-24-16-9-7-8-14-17(16)21(30)27(12(2)3)20(14)29/h7-9,12,28H,5-6,10H2,1-4H3. The molecule has 0 bridgehead atoms.